The summed E-state index contributed by atoms with van der Waals surface area (Å²) in [5.41, 5.74) is 2.60. The maximum Gasteiger partial charge on any atom is 0.228 e. The van der Waals surface area contributed by atoms with E-state index in [0.717, 1.165) is 69.1 Å². The van der Waals surface area contributed by atoms with Crippen LogP contribution >= 0.6 is 22.7 Å². The van der Waals surface area contributed by atoms with Crippen LogP contribution in [0.3, 0.4) is 0 Å². The van der Waals surface area contributed by atoms with Gasteiger partial charge in [-0.25, -0.2) is 0 Å². The van der Waals surface area contributed by atoms with Gasteiger partial charge in [-0.1, -0.05) is 0 Å². The molecule has 2 aromatic rings. The molecule has 0 aliphatic heterocycles. The second-order valence-electron chi connectivity index (χ2n) is 11.8. The number of carbonyl (C=O) groups is 4. The minimum Gasteiger partial charge on any atom is -0.356 e. The molecule has 2 aromatic heterocycles. The highest BCUT2D eigenvalue weighted by molar-refractivity contribution is 7.12. The van der Waals surface area contributed by atoms with E-state index >= 15 is 0 Å². The molecule has 6 nitrogen and oxygen atoms in total. The average molecular weight is 583 g/mol. The van der Waals surface area contributed by atoms with E-state index in [9.17, 15) is 19.2 Å². The van der Waals surface area contributed by atoms with Crippen molar-refractivity contribution in [1.82, 2.24) is 10.6 Å². The maximum absolute atomic E-state index is 12.1. The van der Waals surface area contributed by atoms with Crippen molar-refractivity contribution in [1.29, 1.82) is 0 Å². The van der Waals surface area contributed by atoms with Crippen LogP contribution in [0.1, 0.15) is 95.3 Å². The summed E-state index contributed by atoms with van der Waals surface area (Å²) < 4.78 is 0. The van der Waals surface area contributed by atoms with E-state index in [1.165, 1.54) is 25.8 Å². The first-order valence-corrected chi connectivity index (χ1v) is 16.8. The third-order valence-corrected chi connectivity index (χ3v) is 11.0. The number of ketones is 2. The van der Waals surface area contributed by atoms with Crippen molar-refractivity contribution in [2.45, 2.75) is 96.8 Å². The fourth-order valence-corrected chi connectivity index (χ4v) is 8.49. The molecule has 0 spiro atoms. The molecule has 6 rings (SSSR count). The molecule has 2 fully saturated rings. The number of hydrogen-bond donors (Lipinski definition) is 2. The second kappa shape index (κ2) is 13.1. The lowest BCUT2D eigenvalue weighted by Gasteiger charge is -2.21. The van der Waals surface area contributed by atoms with E-state index in [1.54, 1.807) is 22.7 Å². The lowest BCUT2D eigenvalue weighted by molar-refractivity contribution is -0.125. The zero-order valence-electron chi connectivity index (χ0n) is 23.8. The molecule has 2 heterocycles. The molecule has 2 amide bonds. The molecule has 2 unspecified atom stereocenters. The molecular formula is C32H42N2O4S2. The summed E-state index contributed by atoms with van der Waals surface area (Å²) in [5, 5.41) is 5.85. The average Bonchev–Trinajstić information content (AvgIpc) is 3.87. The van der Waals surface area contributed by atoms with E-state index in [2.05, 4.69) is 22.8 Å². The number of fused-ring (bicyclic) bond motifs is 2. The molecular weight excluding hydrogens is 540 g/mol. The molecule has 2 N–H and O–H groups in total. The number of likely N-dealkylation sites (N-methyl/N-ethyl adjacent to an activating group) is 1. The van der Waals surface area contributed by atoms with Gasteiger partial charge in [0.05, 0.1) is 5.92 Å². The molecule has 0 aromatic carbocycles. The van der Waals surface area contributed by atoms with Gasteiger partial charge in [-0.3, -0.25) is 19.2 Å². The minimum atomic E-state index is 0.00785. The molecule has 4 aliphatic carbocycles. The summed E-state index contributed by atoms with van der Waals surface area (Å²) in [6, 6.07) is 4.34. The molecule has 4 aliphatic rings. The Hall–Kier alpha value is -2.32. The Morgan fingerprint density at radius 2 is 1.32 bits per heavy atom. The van der Waals surface area contributed by atoms with Crippen LogP contribution in [0.25, 0.3) is 0 Å². The third kappa shape index (κ3) is 7.30. The summed E-state index contributed by atoms with van der Waals surface area (Å²) >= 11 is 3.47. The first-order chi connectivity index (χ1) is 19.4. The smallest absolute Gasteiger partial charge is 0.228 e. The van der Waals surface area contributed by atoms with Gasteiger partial charge in [-0.15, -0.1) is 22.7 Å². The summed E-state index contributed by atoms with van der Waals surface area (Å²) in [5.74, 6) is 1.92. The number of amides is 2. The molecule has 0 saturated heterocycles. The van der Waals surface area contributed by atoms with Crippen molar-refractivity contribution >= 4 is 46.1 Å². The fourth-order valence-electron chi connectivity index (χ4n) is 5.91. The molecule has 2 saturated carbocycles. The van der Waals surface area contributed by atoms with Crippen LogP contribution in [0.15, 0.2) is 12.1 Å². The van der Waals surface area contributed by atoms with Gasteiger partial charge in [0.25, 0.3) is 0 Å². The Kier molecular flexibility index (Phi) is 9.56. The van der Waals surface area contributed by atoms with Crippen LogP contribution < -0.4 is 10.6 Å². The minimum absolute atomic E-state index is 0.00785. The molecule has 216 valence electrons. The zero-order valence-corrected chi connectivity index (χ0v) is 25.4. The van der Waals surface area contributed by atoms with Crippen molar-refractivity contribution in [3.8, 4) is 0 Å². The monoisotopic (exact) mass is 582 g/mol. The maximum atomic E-state index is 12.1. The van der Waals surface area contributed by atoms with Crippen molar-refractivity contribution in [2.24, 2.45) is 17.8 Å². The van der Waals surface area contributed by atoms with Crippen molar-refractivity contribution in [3.63, 3.8) is 0 Å². The third-order valence-electron chi connectivity index (χ3n) is 8.43. The van der Waals surface area contributed by atoms with Crippen LogP contribution in [0.5, 0.6) is 0 Å². The Morgan fingerprint density at radius 3 is 1.95 bits per heavy atom. The molecule has 2 atom stereocenters. The van der Waals surface area contributed by atoms with E-state index in [4.69, 9.17) is 0 Å². The largest absolute Gasteiger partial charge is 0.356 e. The highest BCUT2D eigenvalue weighted by Gasteiger charge is 2.33. The summed E-state index contributed by atoms with van der Waals surface area (Å²) in [7, 11) is 0. The zero-order chi connectivity index (χ0) is 28.2. The number of hydrogen-bond acceptors (Lipinski definition) is 6. The van der Waals surface area contributed by atoms with Crippen LogP contribution in [0, 0.1) is 17.8 Å². The first-order valence-electron chi connectivity index (χ1n) is 15.2. The van der Waals surface area contributed by atoms with Gasteiger partial charge < -0.3 is 10.6 Å². The lowest BCUT2D eigenvalue weighted by Crippen LogP contribution is -2.33. The predicted molar refractivity (Wildman–Crippen MR) is 160 cm³/mol. The number of carbonyl (C=O) groups excluding carboxylic acids is 4. The molecule has 40 heavy (non-hydrogen) atoms. The van der Waals surface area contributed by atoms with E-state index in [-0.39, 0.29) is 23.7 Å². The standard InChI is InChI=1S/2C16H21NO2S/c1-2-17-16(19)11-5-6-15-12(7-11)8-13(20-15)9-14(18)10-3-4-10;1-2-17-16(19)13-5-3-4-11-8-12(20-15(11)13)9-14(18)10-6-7-10/h8,10-11H,2-7,9H2,1H3,(H,17,19);8,10,13H,2-7,9H2,1H3,(H,17,19). The van der Waals surface area contributed by atoms with Crippen LogP contribution in [0.4, 0.5) is 0 Å². The highest BCUT2D eigenvalue weighted by atomic mass is 32.1. The topological polar surface area (TPSA) is 92.3 Å². The number of Topliss-reactive ketones (excluding diaryl/α,β-unsaturated/α-hetero) is 2. The predicted octanol–water partition coefficient (Wildman–Crippen LogP) is 5.34. The SMILES string of the molecule is CCNC(=O)C1CCCc2cc(CC(=O)C3CC3)sc21.CCNC(=O)C1CCc2sc(CC(=O)C3CC3)cc2C1. The van der Waals surface area contributed by atoms with Crippen molar-refractivity contribution < 1.29 is 19.2 Å². The number of nitrogens with one attached hydrogen (secondary N) is 2. The van der Waals surface area contributed by atoms with Gasteiger partial charge in [-0.2, -0.15) is 0 Å². The van der Waals surface area contributed by atoms with Gasteiger partial charge in [0, 0.05) is 63.2 Å². The van der Waals surface area contributed by atoms with Crippen LogP contribution in [-0.4, -0.2) is 36.5 Å². The number of thiophene rings is 2. The number of aryl methyl sites for hydroxylation is 2. The normalized spacial score (nSPS) is 21.4. The van der Waals surface area contributed by atoms with E-state index in [1.807, 2.05) is 13.8 Å². The Labute approximate surface area is 245 Å². The van der Waals surface area contributed by atoms with Gasteiger partial charge in [0.2, 0.25) is 11.8 Å². The van der Waals surface area contributed by atoms with E-state index in [0.29, 0.717) is 49.3 Å². The molecule has 8 heteroatoms. The Morgan fingerprint density at radius 1 is 0.725 bits per heavy atom. The van der Waals surface area contributed by atoms with Crippen LogP contribution in [0.2, 0.25) is 0 Å². The van der Waals surface area contributed by atoms with Gasteiger partial charge in [0.15, 0.2) is 0 Å². The summed E-state index contributed by atoms with van der Waals surface area (Å²) in [6.45, 7) is 5.30. The Bertz CT molecular complexity index is 1250. The number of rotatable bonds is 10. The first kappa shape index (κ1) is 29.2. The molecule has 0 radical (unpaired) electrons. The van der Waals surface area contributed by atoms with Crippen LogP contribution in [-0.2, 0) is 51.3 Å². The molecule has 0 bridgehead atoms. The highest BCUT2D eigenvalue weighted by Crippen LogP contribution is 2.40. The Balaban J connectivity index is 0.000000161. The fraction of sp³-hybridized carbons (Fsp3) is 0.625. The second-order valence-corrected chi connectivity index (χ2v) is 14.2. The van der Waals surface area contributed by atoms with Gasteiger partial charge in [0.1, 0.15) is 11.6 Å². The quantitative estimate of drug-likeness (QED) is 0.396. The summed E-state index contributed by atoms with van der Waals surface area (Å²) in [6.07, 6.45) is 11.3. The van der Waals surface area contributed by atoms with Crippen molar-refractivity contribution in [3.05, 3.63) is 42.8 Å². The van der Waals surface area contributed by atoms with Crippen molar-refractivity contribution in [2.75, 3.05) is 13.1 Å². The lowest BCUT2D eigenvalue weighted by atomic mass is 9.87. The van der Waals surface area contributed by atoms with Gasteiger partial charge >= 0.3 is 0 Å². The van der Waals surface area contributed by atoms with Gasteiger partial charge in [-0.05, 0) is 101 Å². The van der Waals surface area contributed by atoms with E-state index < -0.39 is 0 Å². The summed E-state index contributed by atoms with van der Waals surface area (Å²) in [4.78, 5) is 52.8.